The van der Waals surface area contributed by atoms with Gasteiger partial charge in [-0.25, -0.2) is 4.57 Å². The van der Waals surface area contributed by atoms with Crippen molar-refractivity contribution in [3.8, 4) is 0 Å². The molecule has 0 aliphatic heterocycles. The molecule has 1 aromatic rings. The number of hydrogen-bond acceptors (Lipinski definition) is 2. The number of nitrogens with zero attached hydrogens (tertiary/aromatic N) is 1. The van der Waals surface area contributed by atoms with Crippen LogP contribution in [0.2, 0.25) is 0 Å². The van der Waals surface area contributed by atoms with E-state index in [-0.39, 0.29) is 0 Å². The van der Waals surface area contributed by atoms with Gasteiger partial charge in [0.1, 0.15) is 7.05 Å². The van der Waals surface area contributed by atoms with Crippen LogP contribution in [0.3, 0.4) is 0 Å². The number of hydrogen-bond donors (Lipinski definition) is 0. The Bertz CT molecular complexity index is 174. The SMILES string of the molecule is C[n+]1ccccc1.O=C[O-]. The Morgan fingerprint density at radius 2 is 1.70 bits per heavy atom. The van der Waals surface area contributed by atoms with E-state index in [9.17, 15) is 0 Å². The molecular formula is C7H9NO2. The summed E-state index contributed by atoms with van der Waals surface area (Å²) in [5, 5.41) is 8.25. The zero-order chi connectivity index (χ0) is 7.82. The Morgan fingerprint density at radius 3 is 1.90 bits per heavy atom. The van der Waals surface area contributed by atoms with Gasteiger partial charge >= 0.3 is 0 Å². The number of carbonyl (C=O) groups is 1. The second-order valence-corrected chi connectivity index (χ2v) is 1.64. The first-order chi connectivity index (χ1) is 4.81. The van der Waals surface area contributed by atoms with Gasteiger partial charge < -0.3 is 9.90 Å². The molecule has 0 aliphatic carbocycles. The van der Waals surface area contributed by atoms with Crippen LogP contribution in [-0.2, 0) is 11.8 Å². The Balaban J connectivity index is 0.000000236. The van der Waals surface area contributed by atoms with Gasteiger partial charge in [0.2, 0.25) is 0 Å². The molecule has 0 atom stereocenters. The van der Waals surface area contributed by atoms with Gasteiger partial charge in [-0.3, -0.25) is 0 Å². The summed E-state index contributed by atoms with van der Waals surface area (Å²) in [6.45, 7) is -0.500. The molecule has 0 spiro atoms. The number of rotatable bonds is 0. The highest BCUT2D eigenvalue weighted by molar-refractivity contribution is 5.29. The lowest BCUT2D eigenvalue weighted by molar-refractivity contribution is -0.671. The topological polar surface area (TPSA) is 44.0 Å². The van der Waals surface area contributed by atoms with Crippen LogP contribution in [0, 0.1) is 0 Å². The molecule has 10 heavy (non-hydrogen) atoms. The lowest BCUT2D eigenvalue weighted by Crippen LogP contribution is -2.25. The van der Waals surface area contributed by atoms with E-state index in [2.05, 4.69) is 0 Å². The number of carboxylic acid groups (broad SMARTS) is 1. The Kier molecular flexibility index (Phi) is 4.96. The van der Waals surface area contributed by atoms with Crippen molar-refractivity contribution < 1.29 is 14.5 Å². The molecule has 0 aromatic carbocycles. The third kappa shape index (κ3) is 4.77. The molecule has 0 amide bonds. The van der Waals surface area contributed by atoms with Gasteiger partial charge in [0.25, 0.3) is 0 Å². The number of aromatic nitrogens is 1. The van der Waals surface area contributed by atoms with Crippen molar-refractivity contribution >= 4 is 6.47 Å². The predicted molar refractivity (Wildman–Crippen MR) is 33.7 cm³/mol. The molecule has 0 unspecified atom stereocenters. The van der Waals surface area contributed by atoms with Crippen LogP contribution in [0.1, 0.15) is 0 Å². The largest absolute Gasteiger partial charge is 0.554 e. The Hall–Kier alpha value is -1.38. The molecule has 0 radical (unpaired) electrons. The maximum atomic E-state index is 8.25. The van der Waals surface area contributed by atoms with E-state index in [4.69, 9.17) is 9.90 Å². The van der Waals surface area contributed by atoms with Gasteiger partial charge in [-0.05, 0) is 0 Å². The average molecular weight is 139 g/mol. The third-order valence-corrected chi connectivity index (χ3v) is 0.865. The molecule has 0 saturated carbocycles. The first-order valence-electron chi connectivity index (χ1n) is 2.77. The third-order valence-electron chi connectivity index (χ3n) is 0.865. The summed E-state index contributed by atoms with van der Waals surface area (Å²) in [6.07, 6.45) is 4.00. The van der Waals surface area contributed by atoms with Crippen molar-refractivity contribution in [1.29, 1.82) is 0 Å². The normalized spacial score (nSPS) is 7.30. The van der Waals surface area contributed by atoms with Crippen molar-refractivity contribution in [3.05, 3.63) is 30.6 Å². The van der Waals surface area contributed by atoms with Crippen LogP contribution in [0.5, 0.6) is 0 Å². The molecule has 54 valence electrons. The average Bonchev–Trinajstić information content (AvgIpc) is 1.91. The zero-order valence-electron chi connectivity index (χ0n) is 5.73. The molecule has 1 heterocycles. The van der Waals surface area contributed by atoms with Crippen LogP contribution in [0.25, 0.3) is 0 Å². The first-order valence-corrected chi connectivity index (χ1v) is 2.77. The summed E-state index contributed by atoms with van der Waals surface area (Å²) < 4.78 is 2.00. The minimum Gasteiger partial charge on any atom is -0.554 e. The van der Waals surface area contributed by atoms with Gasteiger partial charge in [-0.1, -0.05) is 6.07 Å². The monoisotopic (exact) mass is 139 g/mol. The minimum atomic E-state index is -0.500. The summed E-state index contributed by atoms with van der Waals surface area (Å²) >= 11 is 0. The second-order valence-electron chi connectivity index (χ2n) is 1.64. The highest BCUT2D eigenvalue weighted by Crippen LogP contribution is 1.71. The molecular weight excluding hydrogens is 130 g/mol. The van der Waals surface area contributed by atoms with Gasteiger partial charge in [0, 0.05) is 18.6 Å². The van der Waals surface area contributed by atoms with E-state index in [0.717, 1.165) is 0 Å². The van der Waals surface area contributed by atoms with E-state index in [1.807, 2.05) is 42.2 Å². The maximum absolute atomic E-state index is 8.25. The van der Waals surface area contributed by atoms with Crippen molar-refractivity contribution in [2.75, 3.05) is 0 Å². The smallest absolute Gasteiger partial charge is 0.168 e. The van der Waals surface area contributed by atoms with E-state index in [0.29, 0.717) is 0 Å². The first kappa shape index (κ1) is 8.62. The van der Waals surface area contributed by atoms with Crippen LogP contribution in [0.4, 0.5) is 0 Å². The Morgan fingerprint density at radius 1 is 1.30 bits per heavy atom. The number of pyridine rings is 1. The lowest BCUT2D eigenvalue weighted by Gasteiger charge is -1.77. The van der Waals surface area contributed by atoms with Crippen LogP contribution in [0.15, 0.2) is 30.6 Å². The highest BCUT2D eigenvalue weighted by atomic mass is 16.3. The van der Waals surface area contributed by atoms with E-state index < -0.39 is 6.47 Å². The van der Waals surface area contributed by atoms with Gasteiger partial charge in [0.05, 0.1) is 0 Å². The Labute approximate surface area is 59.6 Å². The fourth-order valence-electron chi connectivity index (χ4n) is 0.485. The highest BCUT2D eigenvalue weighted by Gasteiger charge is 1.78. The molecule has 0 fully saturated rings. The summed E-state index contributed by atoms with van der Waals surface area (Å²) in [5.74, 6) is 0. The molecule has 0 aliphatic rings. The van der Waals surface area contributed by atoms with Crippen molar-refractivity contribution in [2.45, 2.75) is 0 Å². The van der Waals surface area contributed by atoms with Gasteiger partial charge in [-0.15, -0.1) is 0 Å². The van der Waals surface area contributed by atoms with Gasteiger partial charge in [-0.2, -0.15) is 0 Å². The van der Waals surface area contributed by atoms with Crippen molar-refractivity contribution in [3.63, 3.8) is 0 Å². The summed E-state index contributed by atoms with van der Waals surface area (Å²) in [5.41, 5.74) is 0. The van der Waals surface area contributed by atoms with E-state index in [1.165, 1.54) is 0 Å². The fraction of sp³-hybridized carbons (Fsp3) is 0.143. The molecule has 3 nitrogen and oxygen atoms in total. The standard InChI is InChI=1S/C6H8N.CH2O2/c1-7-5-3-2-4-6-7;2-1-3/h2-6H,1H3;1H,(H,2,3)/q+1;/p-1. The van der Waals surface area contributed by atoms with Crippen LogP contribution >= 0.6 is 0 Å². The zero-order valence-corrected chi connectivity index (χ0v) is 5.73. The summed E-state index contributed by atoms with van der Waals surface area (Å²) in [7, 11) is 2.00. The van der Waals surface area contributed by atoms with Crippen molar-refractivity contribution in [2.24, 2.45) is 7.05 Å². The quantitative estimate of drug-likeness (QED) is 0.337. The lowest BCUT2D eigenvalue weighted by atomic mass is 10.5. The van der Waals surface area contributed by atoms with E-state index in [1.54, 1.807) is 0 Å². The van der Waals surface area contributed by atoms with Crippen LogP contribution in [-0.4, -0.2) is 6.47 Å². The molecule has 0 N–H and O–H groups in total. The summed E-state index contributed by atoms with van der Waals surface area (Å²) in [6, 6.07) is 6.00. The molecule has 3 heteroatoms. The molecule has 1 aromatic heterocycles. The number of carbonyl (C=O) groups excluding carboxylic acids is 1. The molecule has 1 rings (SSSR count). The van der Waals surface area contributed by atoms with Crippen molar-refractivity contribution in [1.82, 2.24) is 0 Å². The van der Waals surface area contributed by atoms with E-state index >= 15 is 0 Å². The number of aryl methyl sites for hydroxylation is 1. The summed E-state index contributed by atoms with van der Waals surface area (Å²) in [4.78, 5) is 8.25. The second kappa shape index (κ2) is 5.75. The van der Waals surface area contributed by atoms with Crippen LogP contribution < -0.4 is 9.67 Å². The fourth-order valence-corrected chi connectivity index (χ4v) is 0.485. The maximum Gasteiger partial charge on any atom is 0.168 e. The molecule has 0 bridgehead atoms. The van der Waals surface area contributed by atoms with Gasteiger partial charge in [0.15, 0.2) is 12.4 Å². The predicted octanol–water partition coefficient (Wildman–Crippen LogP) is -1.12. The minimum absolute atomic E-state index is 0.500. The molecule has 0 saturated heterocycles.